The first-order valence-electron chi connectivity index (χ1n) is 14.4. The molecule has 2 aromatic rings. The van der Waals surface area contributed by atoms with Crippen LogP contribution in [0.15, 0.2) is 29.8 Å². The van der Waals surface area contributed by atoms with Crippen LogP contribution in [0, 0.1) is 30.1 Å². The molecular formula is C30H40N4O7S. The molecule has 9 atom stereocenters. The summed E-state index contributed by atoms with van der Waals surface area (Å²) in [5.41, 5.74) is 3.94. The van der Waals surface area contributed by atoms with E-state index in [9.17, 15) is 34.8 Å². The Morgan fingerprint density at radius 1 is 1.02 bits per heavy atom. The van der Waals surface area contributed by atoms with Gasteiger partial charge in [-0.15, -0.1) is 11.3 Å². The maximum Gasteiger partial charge on any atom is 0.246 e. The Morgan fingerprint density at radius 2 is 1.71 bits per heavy atom. The van der Waals surface area contributed by atoms with E-state index in [0.717, 1.165) is 21.7 Å². The molecule has 2 bridgehead atoms. The van der Waals surface area contributed by atoms with Crippen molar-refractivity contribution in [3.63, 3.8) is 0 Å². The first kappa shape index (κ1) is 30.6. The maximum atomic E-state index is 13.9. The van der Waals surface area contributed by atoms with Crippen LogP contribution in [0.4, 0.5) is 0 Å². The fourth-order valence-electron chi connectivity index (χ4n) is 6.69. The van der Waals surface area contributed by atoms with Gasteiger partial charge in [0.2, 0.25) is 17.7 Å². The van der Waals surface area contributed by atoms with Gasteiger partial charge in [0, 0.05) is 37.3 Å². The van der Waals surface area contributed by atoms with Crippen molar-refractivity contribution in [1.82, 2.24) is 20.5 Å². The van der Waals surface area contributed by atoms with E-state index in [1.54, 1.807) is 37.6 Å². The Kier molecular flexibility index (Phi) is 8.47. The SMILES string of the molecule is Cc1ncsc1-c1ccc(CNC(=O)[C@@H]2C[C@@H](O)CN2C(=O)[C@@H](NC(=O)[C@H]2CC3C(O)[C@@H](O)C2[C@@H]3O)C(C)(C)C)cc1. The van der Waals surface area contributed by atoms with E-state index >= 15 is 0 Å². The van der Waals surface area contributed by atoms with E-state index in [1.165, 1.54) is 4.90 Å². The molecule has 3 fully saturated rings. The normalized spacial score (nSPS) is 31.3. The van der Waals surface area contributed by atoms with E-state index in [0.29, 0.717) is 0 Å². The molecule has 6 N–H and O–H groups in total. The minimum atomic E-state index is -1.21. The van der Waals surface area contributed by atoms with Crippen molar-refractivity contribution < 1.29 is 34.8 Å². The molecule has 3 unspecified atom stereocenters. The van der Waals surface area contributed by atoms with Crippen molar-refractivity contribution in [1.29, 1.82) is 0 Å². The molecule has 11 nitrogen and oxygen atoms in total. The zero-order chi connectivity index (χ0) is 30.5. The van der Waals surface area contributed by atoms with Crippen LogP contribution in [-0.2, 0) is 20.9 Å². The Labute approximate surface area is 249 Å². The summed E-state index contributed by atoms with van der Waals surface area (Å²) in [5, 5.41) is 47.0. The van der Waals surface area contributed by atoms with Crippen molar-refractivity contribution in [3.8, 4) is 10.4 Å². The second kappa shape index (κ2) is 11.6. The number of nitrogens with one attached hydrogen (secondary N) is 2. The molecule has 2 aliphatic carbocycles. The van der Waals surface area contributed by atoms with Crippen molar-refractivity contribution in [2.75, 3.05) is 6.54 Å². The Bertz CT molecular complexity index is 1320. The molecule has 1 aliphatic heterocycles. The van der Waals surface area contributed by atoms with Gasteiger partial charge in [0.05, 0.1) is 40.5 Å². The zero-order valence-corrected chi connectivity index (χ0v) is 25.0. The number of hydrogen-bond acceptors (Lipinski definition) is 9. The molecule has 5 rings (SSSR count). The molecule has 2 saturated carbocycles. The van der Waals surface area contributed by atoms with Crippen LogP contribution in [-0.4, -0.2) is 91.1 Å². The average molecular weight is 601 g/mol. The molecule has 3 aliphatic rings. The Balaban J connectivity index is 1.24. The second-order valence-electron chi connectivity index (χ2n) is 12.9. The summed E-state index contributed by atoms with van der Waals surface area (Å²) in [6, 6.07) is 5.87. The summed E-state index contributed by atoms with van der Waals surface area (Å²) in [7, 11) is 0. The third kappa shape index (κ3) is 5.70. The number of carbonyl (C=O) groups is 3. The van der Waals surface area contributed by atoms with Gasteiger partial charge in [-0.1, -0.05) is 45.0 Å². The number of hydrogen-bond donors (Lipinski definition) is 6. The first-order chi connectivity index (χ1) is 19.8. The number of rotatable bonds is 7. The van der Waals surface area contributed by atoms with Gasteiger partial charge in [-0.25, -0.2) is 4.98 Å². The van der Waals surface area contributed by atoms with E-state index in [1.807, 2.05) is 31.2 Å². The van der Waals surface area contributed by atoms with E-state index in [4.69, 9.17) is 0 Å². The summed E-state index contributed by atoms with van der Waals surface area (Å²) in [4.78, 5) is 47.2. The van der Waals surface area contributed by atoms with Crippen LogP contribution in [0.25, 0.3) is 10.4 Å². The third-order valence-corrected chi connectivity index (χ3v) is 10.0. The quantitative estimate of drug-likeness (QED) is 0.268. The number of aliphatic hydroxyl groups is 4. The molecule has 1 saturated heterocycles. The molecule has 12 heteroatoms. The molecule has 228 valence electrons. The predicted molar refractivity (Wildman–Crippen MR) is 155 cm³/mol. The van der Waals surface area contributed by atoms with Gasteiger partial charge in [0.15, 0.2) is 0 Å². The van der Waals surface area contributed by atoms with Crippen molar-refractivity contribution in [3.05, 3.63) is 41.0 Å². The van der Waals surface area contributed by atoms with Crippen LogP contribution in [0.1, 0.15) is 44.9 Å². The number of aliphatic hydroxyl groups excluding tert-OH is 4. The van der Waals surface area contributed by atoms with Gasteiger partial charge in [0.25, 0.3) is 0 Å². The highest BCUT2D eigenvalue weighted by Crippen LogP contribution is 2.49. The minimum Gasteiger partial charge on any atom is -0.392 e. The minimum absolute atomic E-state index is 0.0417. The number of fused-ring (bicyclic) bond motifs is 2. The number of nitrogens with zero attached hydrogens (tertiary/aromatic N) is 2. The molecule has 0 spiro atoms. The summed E-state index contributed by atoms with van der Waals surface area (Å²) in [6.45, 7) is 7.54. The number of aryl methyl sites for hydroxylation is 1. The monoisotopic (exact) mass is 600 g/mol. The number of aromatic nitrogens is 1. The van der Waals surface area contributed by atoms with Gasteiger partial charge < -0.3 is 36.0 Å². The lowest BCUT2D eigenvalue weighted by Gasteiger charge is -2.37. The lowest BCUT2D eigenvalue weighted by atomic mass is 9.82. The van der Waals surface area contributed by atoms with Crippen LogP contribution in [0.5, 0.6) is 0 Å². The first-order valence-corrected chi connectivity index (χ1v) is 15.3. The highest BCUT2D eigenvalue weighted by Gasteiger charge is 2.60. The summed E-state index contributed by atoms with van der Waals surface area (Å²) in [5.74, 6) is -3.53. The van der Waals surface area contributed by atoms with Gasteiger partial charge in [-0.05, 0) is 29.9 Å². The largest absolute Gasteiger partial charge is 0.392 e. The predicted octanol–water partition coefficient (Wildman–Crippen LogP) is 0.576. The number of benzene rings is 1. The van der Waals surface area contributed by atoms with Crippen LogP contribution >= 0.6 is 11.3 Å². The van der Waals surface area contributed by atoms with E-state index in [2.05, 4.69) is 15.6 Å². The number of carbonyl (C=O) groups excluding carboxylic acids is 3. The fraction of sp³-hybridized carbons (Fsp3) is 0.600. The van der Waals surface area contributed by atoms with Crippen molar-refractivity contribution >= 4 is 29.1 Å². The van der Waals surface area contributed by atoms with Crippen LogP contribution in [0.2, 0.25) is 0 Å². The van der Waals surface area contributed by atoms with E-state index < -0.39 is 77.4 Å². The average Bonchev–Trinajstić information content (AvgIpc) is 3.68. The number of thiazole rings is 1. The summed E-state index contributed by atoms with van der Waals surface area (Å²) in [6.07, 6.45) is -3.90. The number of β-amino-alcohol motifs (C(OH)–C–C–N with tert-alkyl or cyclic N) is 1. The molecule has 1 aromatic carbocycles. The van der Waals surface area contributed by atoms with Crippen LogP contribution in [0.3, 0.4) is 0 Å². The van der Waals surface area contributed by atoms with Gasteiger partial charge in [-0.2, -0.15) is 0 Å². The highest BCUT2D eigenvalue weighted by molar-refractivity contribution is 7.13. The van der Waals surface area contributed by atoms with Gasteiger partial charge in [0.1, 0.15) is 12.1 Å². The Hall–Kier alpha value is -2.90. The van der Waals surface area contributed by atoms with Crippen molar-refractivity contribution in [2.24, 2.45) is 23.2 Å². The van der Waals surface area contributed by atoms with E-state index in [-0.39, 0.29) is 25.9 Å². The Morgan fingerprint density at radius 3 is 2.29 bits per heavy atom. The lowest BCUT2D eigenvalue weighted by Crippen LogP contribution is -2.59. The lowest BCUT2D eigenvalue weighted by molar-refractivity contribution is -0.145. The molecule has 42 heavy (non-hydrogen) atoms. The molecule has 3 amide bonds. The van der Waals surface area contributed by atoms with Gasteiger partial charge in [-0.3, -0.25) is 14.4 Å². The number of amides is 3. The molecular weight excluding hydrogens is 560 g/mol. The van der Waals surface area contributed by atoms with Gasteiger partial charge >= 0.3 is 0 Å². The van der Waals surface area contributed by atoms with Crippen LogP contribution < -0.4 is 10.6 Å². The fourth-order valence-corrected chi connectivity index (χ4v) is 7.50. The molecule has 1 aromatic heterocycles. The zero-order valence-electron chi connectivity index (χ0n) is 24.2. The smallest absolute Gasteiger partial charge is 0.246 e. The standard InChI is InChI=1S/C30H40N4O7S/c1-14-25(42-13-32-14)16-7-5-15(6-8-16)11-31-28(40)20-9-17(35)12-34(20)29(41)26(30(2,3)4)33-27(39)18-10-19-22(36)21(18)24(38)23(19)37/h5-8,13,17-24,26,35-38H,9-12H2,1-4H3,(H,31,40)(H,33,39)/t17-,18+,19?,20+,21?,22-,23?,24+,26-/m1/s1. The third-order valence-electron chi connectivity index (χ3n) is 9.04. The summed E-state index contributed by atoms with van der Waals surface area (Å²) < 4.78 is 0. The highest BCUT2D eigenvalue weighted by atomic mass is 32.1. The topological polar surface area (TPSA) is 172 Å². The molecule has 0 radical (unpaired) electrons. The van der Waals surface area contributed by atoms with Crippen molar-refractivity contribution in [2.45, 2.75) is 83.6 Å². The summed E-state index contributed by atoms with van der Waals surface area (Å²) >= 11 is 1.56. The molecule has 2 heterocycles. The maximum absolute atomic E-state index is 13.9. The second-order valence-corrected chi connectivity index (χ2v) is 13.8. The number of likely N-dealkylation sites (tertiary alicyclic amines) is 1.